The van der Waals surface area contributed by atoms with Crippen molar-refractivity contribution in [3.63, 3.8) is 0 Å². The first-order valence-electron chi connectivity index (χ1n) is 7.21. The Bertz CT molecular complexity index is 394. The van der Waals surface area contributed by atoms with Crippen LogP contribution in [0.25, 0.3) is 0 Å². The van der Waals surface area contributed by atoms with E-state index in [0.717, 1.165) is 24.6 Å². The highest BCUT2D eigenvalue weighted by Crippen LogP contribution is 2.20. The number of nitrogens with one attached hydrogen (secondary N) is 1. The molecule has 4 heteroatoms. The van der Waals surface area contributed by atoms with Crippen molar-refractivity contribution in [1.29, 1.82) is 0 Å². The number of aryl methyl sites for hydroxylation is 1. The van der Waals surface area contributed by atoms with Crippen LogP contribution in [0.2, 0.25) is 0 Å². The average molecular weight is 265 g/mol. The van der Waals surface area contributed by atoms with Gasteiger partial charge in [0.05, 0.1) is 6.54 Å². The number of piperidine rings is 1. The molecular formula is C15H27N3O. The van der Waals surface area contributed by atoms with E-state index in [4.69, 9.17) is 4.42 Å². The van der Waals surface area contributed by atoms with E-state index in [9.17, 15) is 0 Å². The number of furan rings is 1. The molecule has 4 nitrogen and oxygen atoms in total. The lowest BCUT2D eigenvalue weighted by atomic mass is 10.0. The summed E-state index contributed by atoms with van der Waals surface area (Å²) in [6.45, 7) is 6.26. The first kappa shape index (κ1) is 14.6. The van der Waals surface area contributed by atoms with Crippen LogP contribution in [-0.4, -0.2) is 50.1 Å². The van der Waals surface area contributed by atoms with E-state index in [1.807, 2.05) is 14.0 Å². The third kappa shape index (κ3) is 3.81. The lowest BCUT2D eigenvalue weighted by Gasteiger charge is -2.34. The van der Waals surface area contributed by atoms with Gasteiger partial charge in [-0.05, 0) is 60.1 Å². The van der Waals surface area contributed by atoms with Gasteiger partial charge in [-0.1, -0.05) is 0 Å². The zero-order valence-electron chi connectivity index (χ0n) is 12.7. The van der Waals surface area contributed by atoms with Gasteiger partial charge >= 0.3 is 0 Å². The number of rotatable bonds is 5. The Kier molecular flexibility index (Phi) is 5.02. The van der Waals surface area contributed by atoms with Gasteiger partial charge in [-0.3, -0.25) is 4.90 Å². The summed E-state index contributed by atoms with van der Waals surface area (Å²) in [5, 5.41) is 3.18. The maximum Gasteiger partial charge on any atom is 0.118 e. The normalized spacial score (nSPS) is 18.4. The van der Waals surface area contributed by atoms with E-state index in [1.165, 1.54) is 31.5 Å². The van der Waals surface area contributed by atoms with Crippen molar-refractivity contribution < 1.29 is 4.42 Å². The number of likely N-dealkylation sites (tertiary alicyclic amines) is 1. The number of hydrogen-bond acceptors (Lipinski definition) is 4. The van der Waals surface area contributed by atoms with Crippen LogP contribution in [-0.2, 0) is 13.1 Å². The van der Waals surface area contributed by atoms with Gasteiger partial charge in [-0.15, -0.1) is 0 Å². The highest BCUT2D eigenvalue weighted by Gasteiger charge is 2.21. The molecule has 0 aliphatic carbocycles. The number of nitrogens with zero attached hydrogens (tertiary/aromatic N) is 2. The van der Waals surface area contributed by atoms with Crippen LogP contribution in [0.5, 0.6) is 0 Å². The van der Waals surface area contributed by atoms with Crippen LogP contribution >= 0.6 is 0 Å². The van der Waals surface area contributed by atoms with Crippen molar-refractivity contribution >= 4 is 0 Å². The Balaban J connectivity index is 1.91. The fourth-order valence-electron chi connectivity index (χ4n) is 2.84. The van der Waals surface area contributed by atoms with Crippen molar-refractivity contribution in [2.24, 2.45) is 0 Å². The molecule has 1 N–H and O–H groups in total. The SMILES string of the molecule is CNCc1cc(CN(C)C2CCN(C)CC2)oc1C. The van der Waals surface area contributed by atoms with Crippen LogP contribution in [0.15, 0.2) is 10.5 Å². The van der Waals surface area contributed by atoms with Crippen LogP contribution < -0.4 is 5.32 Å². The Hall–Kier alpha value is -0.840. The van der Waals surface area contributed by atoms with Crippen LogP contribution in [0.1, 0.15) is 29.9 Å². The van der Waals surface area contributed by atoms with E-state index >= 15 is 0 Å². The summed E-state index contributed by atoms with van der Waals surface area (Å²) >= 11 is 0. The van der Waals surface area contributed by atoms with Gasteiger partial charge in [0.25, 0.3) is 0 Å². The second-order valence-corrected chi connectivity index (χ2v) is 5.77. The second-order valence-electron chi connectivity index (χ2n) is 5.77. The maximum absolute atomic E-state index is 5.86. The highest BCUT2D eigenvalue weighted by atomic mass is 16.3. The molecule has 1 aliphatic rings. The molecule has 2 heterocycles. The molecule has 0 unspecified atom stereocenters. The third-order valence-electron chi connectivity index (χ3n) is 4.16. The minimum absolute atomic E-state index is 0.689. The van der Waals surface area contributed by atoms with Crippen LogP contribution in [0.4, 0.5) is 0 Å². The molecule has 108 valence electrons. The topological polar surface area (TPSA) is 31.6 Å². The van der Waals surface area contributed by atoms with E-state index < -0.39 is 0 Å². The predicted octanol–water partition coefficient (Wildman–Crippen LogP) is 1.83. The molecule has 0 spiro atoms. The van der Waals surface area contributed by atoms with E-state index in [-0.39, 0.29) is 0 Å². The lowest BCUT2D eigenvalue weighted by Crippen LogP contribution is -2.41. The smallest absolute Gasteiger partial charge is 0.118 e. The Morgan fingerprint density at radius 1 is 1.42 bits per heavy atom. The van der Waals surface area contributed by atoms with Crippen molar-refractivity contribution in [3.05, 3.63) is 23.2 Å². The minimum atomic E-state index is 0.689. The summed E-state index contributed by atoms with van der Waals surface area (Å²) in [5.41, 5.74) is 1.27. The predicted molar refractivity (Wildman–Crippen MR) is 78.2 cm³/mol. The average Bonchev–Trinajstić information content (AvgIpc) is 2.71. The standard InChI is InChI=1S/C15H27N3O/c1-12-13(10-16-2)9-15(19-12)11-18(4)14-5-7-17(3)8-6-14/h9,14,16H,5-8,10-11H2,1-4H3. The first-order chi connectivity index (χ1) is 9.10. The molecule has 2 rings (SSSR count). The van der Waals surface area contributed by atoms with E-state index in [1.54, 1.807) is 0 Å². The summed E-state index contributed by atoms with van der Waals surface area (Å²) in [5.74, 6) is 2.13. The van der Waals surface area contributed by atoms with Crippen molar-refractivity contribution in [3.8, 4) is 0 Å². The Labute approximate surface area is 116 Å². The minimum Gasteiger partial charge on any atom is -0.465 e. The fraction of sp³-hybridized carbons (Fsp3) is 0.733. The van der Waals surface area contributed by atoms with Crippen molar-refractivity contribution in [2.45, 2.75) is 38.9 Å². The van der Waals surface area contributed by atoms with Gasteiger partial charge in [0.2, 0.25) is 0 Å². The van der Waals surface area contributed by atoms with Gasteiger partial charge in [-0.25, -0.2) is 0 Å². The van der Waals surface area contributed by atoms with Gasteiger partial charge < -0.3 is 14.6 Å². The molecule has 0 aromatic carbocycles. The summed E-state index contributed by atoms with van der Waals surface area (Å²) in [4.78, 5) is 4.85. The summed E-state index contributed by atoms with van der Waals surface area (Å²) in [6.07, 6.45) is 2.52. The molecule has 0 saturated carbocycles. The fourth-order valence-corrected chi connectivity index (χ4v) is 2.84. The molecule has 1 fully saturated rings. The zero-order valence-corrected chi connectivity index (χ0v) is 12.7. The van der Waals surface area contributed by atoms with Crippen molar-refractivity contribution in [2.75, 3.05) is 34.2 Å². The molecule has 1 aliphatic heterocycles. The molecule has 1 saturated heterocycles. The third-order valence-corrected chi connectivity index (χ3v) is 4.16. The first-order valence-corrected chi connectivity index (χ1v) is 7.21. The molecule has 1 aromatic heterocycles. The molecule has 19 heavy (non-hydrogen) atoms. The molecular weight excluding hydrogens is 238 g/mol. The largest absolute Gasteiger partial charge is 0.465 e. The van der Waals surface area contributed by atoms with Gasteiger partial charge in [0.1, 0.15) is 11.5 Å². The van der Waals surface area contributed by atoms with Gasteiger partial charge in [0.15, 0.2) is 0 Å². The quantitative estimate of drug-likeness (QED) is 0.880. The highest BCUT2D eigenvalue weighted by molar-refractivity contribution is 5.20. The second kappa shape index (κ2) is 6.55. The Morgan fingerprint density at radius 3 is 2.74 bits per heavy atom. The van der Waals surface area contributed by atoms with Gasteiger partial charge in [0, 0.05) is 18.2 Å². The van der Waals surface area contributed by atoms with Gasteiger partial charge in [-0.2, -0.15) is 0 Å². The lowest BCUT2D eigenvalue weighted by molar-refractivity contribution is 0.132. The molecule has 0 bridgehead atoms. The van der Waals surface area contributed by atoms with E-state index in [2.05, 4.69) is 35.3 Å². The summed E-state index contributed by atoms with van der Waals surface area (Å²) < 4.78 is 5.86. The van der Waals surface area contributed by atoms with E-state index in [0.29, 0.717) is 6.04 Å². The monoisotopic (exact) mass is 265 g/mol. The van der Waals surface area contributed by atoms with Crippen LogP contribution in [0, 0.1) is 6.92 Å². The molecule has 1 aromatic rings. The maximum atomic E-state index is 5.86. The number of hydrogen-bond donors (Lipinski definition) is 1. The molecule has 0 atom stereocenters. The summed E-state index contributed by atoms with van der Waals surface area (Å²) in [7, 11) is 6.39. The Morgan fingerprint density at radius 2 is 2.11 bits per heavy atom. The van der Waals surface area contributed by atoms with Crippen LogP contribution in [0.3, 0.4) is 0 Å². The summed E-state index contributed by atoms with van der Waals surface area (Å²) in [6, 6.07) is 2.88. The van der Waals surface area contributed by atoms with Crippen molar-refractivity contribution in [1.82, 2.24) is 15.1 Å². The zero-order chi connectivity index (χ0) is 13.8. The molecule has 0 amide bonds. The molecule has 0 radical (unpaired) electrons.